The zero-order valence-corrected chi connectivity index (χ0v) is 14.1. The number of piperazine rings is 1. The van der Waals surface area contributed by atoms with Gasteiger partial charge in [-0.15, -0.1) is 0 Å². The van der Waals surface area contributed by atoms with Crippen LogP contribution in [0.25, 0.3) is 11.4 Å². The largest absolute Gasteiger partial charge is 0.388 e. The topological polar surface area (TPSA) is 94.1 Å². The molecule has 132 valence electrons. The smallest absolute Gasteiger partial charge is 0.272 e. The molecule has 7 nitrogen and oxygen atoms in total. The van der Waals surface area contributed by atoms with Gasteiger partial charge in [0.15, 0.2) is 5.82 Å². The summed E-state index contributed by atoms with van der Waals surface area (Å²) in [5.41, 5.74) is -0.766. The fourth-order valence-electron chi connectivity index (χ4n) is 3.12. The molecule has 3 N–H and O–H groups in total. The van der Waals surface area contributed by atoms with Crippen LogP contribution in [-0.2, 0) is 0 Å². The first-order valence-corrected chi connectivity index (χ1v) is 8.46. The Balaban J connectivity index is 1.70. The maximum atomic E-state index is 13.4. The number of hydrogen-bond donors (Lipinski definition) is 3. The molecule has 0 unspecified atom stereocenters. The number of nitrogens with zero attached hydrogens (tertiary/aromatic N) is 3. The fraction of sp³-hybridized carbons (Fsp3) is 0.438. The first-order valence-electron chi connectivity index (χ1n) is 8.09. The summed E-state index contributed by atoms with van der Waals surface area (Å²) in [4.78, 5) is 24.6. The molecule has 1 saturated carbocycles. The monoisotopic (exact) mass is 365 g/mol. The lowest BCUT2D eigenvalue weighted by Crippen LogP contribution is -2.57. The molecule has 2 fully saturated rings. The minimum absolute atomic E-state index is 0.0123. The second kappa shape index (κ2) is 6.05. The van der Waals surface area contributed by atoms with Crippen molar-refractivity contribution >= 4 is 17.4 Å². The van der Waals surface area contributed by atoms with Crippen molar-refractivity contribution in [3.8, 4) is 11.4 Å². The molecule has 1 atom stereocenters. The second-order valence-corrected chi connectivity index (χ2v) is 6.85. The van der Waals surface area contributed by atoms with Gasteiger partial charge in [-0.3, -0.25) is 4.79 Å². The molecule has 3 heterocycles. The number of aromatic nitrogens is 3. The van der Waals surface area contributed by atoms with Gasteiger partial charge in [0.25, 0.3) is 5.56 Å². The minimum atomic E-state index is -0.691. The molecule has 2 aromatic rings. The van der Waals surface area contributed by atoms with Crippen LogP contribution in [0.2, 0.25) is 5.02 Å². The average molecular weight is 366 g/mol. The highest BCUT2D eigenvalue weighted by Crippen LogP contribution is 2.40. The summed E-state index contributed by atoms with van der Waals surface area (Å²) >= 11 is 6.18. The van der Waals surface area contributed by atoms with Crippen LogP contribution in [0.3, 0.4) is 0 Å². The molecule has 0 spiro atoms. The highest BCUT2D eigenvalue weighted by molar-refractivity contribution is 6.32. The predicted octanol–water partition coefficient (Wildman–Crippen LogP) is 0.927. The zero-order valence-electron chi connectivity index (χ0n) is 13.3. The molecule has 9 heteroatoms. The van der Waals surface area contributed by atoms with Gasteiger partial charge in [-0.05, 0) is 18.9 Å². The van der Waals surface area contributed by atoms with Crippen LogP contribution in [0.5, 0.6) is 0 Å². The van der Waals surface area contributed by atoms with Gasteiger partial charge in [-0.25, -0.2) is 9.97 Å². The summed E-state index contributed by atoms with van der Waals surface area (Å²) < 4.78 is 13.4. The molecule has 1 aliphatic heterocycles. The summed E-state index contributed by atoms with van der Waals surface area (Å²) in [5, 5.41) is 13.6. The van der Waals surface area contributed by atoms with Gasteiger partial charge in [-0.1, -0.05) is 11.6 Å². The predicted molar refractivity (Wildman–Crippen MR) is 91.2 cm³/mol. The molecule has 0 amide bonds. The third-order valence-corrected chi connectivity index (χ3v) is 5.07. The summed E-state index contributed by atoms with van der Waals surface area (Å²) in [6.45, 7) is 1.75. The lowest BCUT2D eigenvalue weighted by molar-refractivity contribution is 0.0995. The first-order chi connectivity index (χ1) is 12.0. The van der Waals surface area contributed by atoms with Crippen LogP contribution < -0.4 is 15.8 Å². The number of aliphatic hydroxyl groups is 1. The molecular weight excluding hydrogens is 349 g/mol. The maximum Gasteiger partial charge on any atom is 0.272 e. The molecule has 2 aromatic heterocycles. The highest BCUT2D eigenvalue weighted by atomic mass is 35.5. The zero-order chi connectivity index (χ0) is 17.6. The van der Waals surface area contributed by atoms with E-state index >= 15 is 0 Å². The standard InChI is InChI=1S/C16H17ClFN5O2/c17-12-14(23-6-5-19-10(8-23)16(25)2-3-16)21-13(22-15(12)24)9-1-4-20-11(18)7-9/h1,4,7,10,19,25H,2-3,5-6,8H2,(H,21,22,24)/t10-/m0/s1. The van der Waals surface area contributed by atoms with Gasteiger partial charge in [0.05, 0.1) is 11.6 Å². The SMILES string of the molecule is O=c1[nH]c(-c2ccnc(F)c2)nc(N2CCN[C@H](C3(O)CC3)C2)c1Cl. The first kappa shape index (κ1) is 16.4. The number of hydrogen-bond acceptors (Lipinski definition) is 6. The fourth-order valence-corrected chi connectivity index (χ4v) is 3.33. The summed E-state index contributed by atoms with van der Waals surface area (Å²) in [6, 6.07) is 2.66. The van der Waals surface area contributed by atoms with Gasteiger partial charge in [0, 0.05) is 37.5 Å². The van der Waals surface area contributed by atoms with Crippen LogP contribution in [-0.4, -0.2) is 51.3 Å². The van der Waals surface area contributed by atoms with Gasteiger partial charge in [0.2, 0.25) is 5.95 Å². The molecule has 4 rings (SSSR count). The van der Waals surface area contributed by atoms with E-state index in [2.05, 4.69) is 20.3 Å². The Morgan fingerprint density at radius 2 is 2.24 bits per heavy atom. The summed E-state index contributed by atoms with van der Waals surface area (Å²) in [7, 11) is 0. The van der Waals surface area contributed by atoms with E-state index in [0.717, 1.165) is 12.8 Å². The lowest BCUT2D eigenvalue weighted by atomic mass is 10.1. The summed E-state index contributed by atoms with van der Waals surface area (Å²) in [6.07, 6.45) is 2.83. The molecule has 2 aliphatic rings. The van der Waals surface area contributed by atoms with E-state index in [4.69, 9.17) is 11.6 Å². The van der Waals surface area contributed by atoms with E-state index in [-0.39, 0.29) is 16.9 Å². The Morgan fingerprint density at radius 1 is 1.44 bits per heavy atom. The molecule has 25 heavy (non-hydrogen) atoms. The maximum absolute atomic E-state index is 13.4. The number of rotatable bonds is 3. The Hall–Kier alpha value is -2.03. The van der Waals surface area contributed by atoms with Crippen molar-refractivity contribution in [2.45, 2.75) is 24.5 Å². The molecular formula is C16H17ClFN5O2. The van der Waals surface area contributed by atoms with E-state index in [9.17, 15) is 14.3 Å². The molecule has 1 aliphatic carbocycles. The minimum Gasteiger partial charge on any atom is -0.388 e. The Labute approximate surface area is 147 Å². The van der Waals surface area contributed by atoms with E-state index < -0.39 is 17.1 Å². The van der Waals surface area contributed by atoms with Crippen LogP contribution in [0.1, 0.15) is 12.8 Å². The van der Waals surface area contributed by atoms with Crippen molar-refractivity contribution < 1.29 is 9.50 Å². The van der Waals surface area contributed by atoms with Crippen molar-refractivity contribution in [3.63, 3.8) is 0 Å². The van der Waals surface area contributed by atoms with Crippen molar-refractivity contribution in [2.75, 3.05) is 24.5 Å². The molecule has 0 radical (unpaired) electrons. The van der Waals surface area contributed by atoms with Crippen molar-refractivity contribution in [1.82, 2.24) is 20.3 Å². The number of pyridine rings is 1. The normalized spacial score (nSPS) is 22.0. The van der Waals surface area contributed by atoms with E-state index in [0.29, 0.717) is 31.0 Å². The number of halogens is 2. The third-order valence-electron chi connectivity index (χ3n) is 4.73. The summed E-state index contributed by atoms with van der Waals surface area (Å²) in [5.74, 6) is -0.0888. The molecule has 1 saturated heterocycles. The second-order valence-electron chi connectivity index (χ2n) is 6.48. The van der Waals surface area contributed by atoms with Gasteiger partial charge in [0.1, 0.15) is 10.8 Å². The van der Waals surface area contributed by atoms with Crippen LogP contribution in [0.4, 0.5) is 10.2 Å². The van der Waals surface area contributed by atoms with Gasteiger partial charge >= 0.3 is 0 Å². The average Bonchev–Trinajstić information content (AvgIpc) is 3.36. The molecule has 0 bridgehead atoms. The van der Waals surface area contributed by atoms with E-state index in [1.54, 1.807) is 6.07 Å². The Kier molecular flexibility index (Phi) is 3.98. The Morgan fingerprint density at radius 3 is 2.96 bits per heavy atom. The third kappa shape index (κ3) is 3.12. The Bertz CT molecular complexity index is 870. The van der Waals surface area contributed by atoms with E-state index in [1.165, 1.54) is 12.3 Å². The quantitative estimate of drug-likeness (QED) is 0.700. The van der Waals surface area contributed by atoms with E-state index in [1.807, 2.05) is 4.90 Å². The van der Waals surface area contributed by atoms with Crippen LogP contribution >= 0.6 is 11.6 Å². The lowest BCUT2D eigenvalue weighted by Gasteiger charge is -2.37. The highest BCUT2D eigenvalue weighted by Gasteiger charge is 2.49. The number of H-pyrrole nitrogens is 1. The number of aromatic amines is 1. The number of nitrogens with one attached hydrogen (secondary N) is 2. The molecule has 0 aromatic carbocycles. The van der Waals surface area contributed by atoms with Crippen LogP contribution in [0, 0.1) is 5.95 Å². The number of anilines is 1. The van der Waals surface area contributed by atoms with Crippen molar-refractivity contribution in [2.24, 2.45) is 0 Å². The van der Waals surface area contributed by atoms with Crippen LogP contribution in [0.15, 0.2) is 23.1 Å². The van der Waals surface area contributed by atoms with Crippen molar-refractivity contribution in [1.29, 1.82) is 0 Å². The van der Waals surface area contributed by atoms with Gasteiger partial charge in [-0.2, -0.15) is 4.39 Å². The van der Waals surface area contributed by atoms with Crippen molar-refractivity contribution in [3.05, 3.63) is 39.7 Å². The van der Waals surface area contributed by atoms with Gasteiger partial charge < -0.3 is 20.3 Å².